The normalized spacial score (nSPS) is 28.5. The van der Waals surface area contributed by atoms with Crippen molar-refractivity contribution in [3.05, 3.63) is 0 Å². The van der Waals surface area contributed by atoms with Crippen molar-refractivity contribution in [3.8, 4) is 0 Å². The van der Waals surface area contributed by atoms with Crippen LogP contribution < -0.4 is 0 Å². The van der Waals surface area contributed by atoms with Gasteiger partial charge in [-0.1, -0.05) is 13.8 Å². The molecular formula is C9H17NO3. The molecule has 1 fully saturated rings. The predicted octanol–water partition coefficient (Wildman–Crippen LogP) is 1.00. The van der Waals surface area contributed by atoms with Crippen molar-refractivity contribution >= 4 is 6.09 Å². The van der Waals surface area contributed by atoms with Crippen molar-refractivity contribution in [3.63, 3.8) is 0 Å². The first-order valence-electron chi connectivity index (χ1n) is 4.66. The molecule has 4 nitrogen and oxygen atoms in total. The predicted molar refractivity (Wildman–Crippen MR) is 48.5 cm³/mol. The van der Waals surface area contributed by atoms with E-state index >= 15 is 0 Å². The first kappa shape index (κ1) is 10.3. The van der Waals surface area contributed by atoms with E-state index < -0.39 is 12.2 Å². The van der Waals surface area contributed by atoms with Crippen LogP contribution in [-0.4, -0.2) is 40.4 Å². The Balaban J connectivity index is 2.46. The van der Waals surface area contributed by atoms with E-state index in [0.717, 1.165) is 6.42 Å². The number of β-amino-alcohol motifs (C(OH)–C–C–N with tert-alkyl or cyclic N) is 1. The molecule has 0 saturated carbocycles. The minimum atomic E-state index is -0.926. The molecule has 0 unspecified atom stereocenters. The van der Waals surface area contributed by atoms with Gasteiger partial charge in [0.1, 0.15) is 0 Å². The first-order chi connectivity index (χ1) is 6.00. The number of hydrogen-bond acceptors (Lipinski definition) is 2. The van der Waals surface area contributed by atoms with Crippen LogP contribution in [0, 0.1) is 11.8 Å². The van der Waals surface area contributed by atoms with Gasteiger partial charge in [-0.25, -0.2) is 4.79 Å². The molecule has 1 amide bonds. The second-order valence-corrected chi connectivity index (χ2v) is 4.14. The highest BCUT2D eigenvalue weighted by Gasteiger charge is 2.33. The summed E-state index contributed by atoms with van der Waals surface area (Å²) < 4.78 is 0. The van der Waals surface area contributed by atoms with Gasteiger partial charge in [-0.2, -0.15) is 0 Å². The molecule has 1 heterocycles. The molecule has 2 N–H and O–H groups in total. The van der Waals surface area contributed by atoms with E-state index in [0.29, 0.717) is 12.5 Å². The van der Waals surface area contributed by atoms with Crippen molar-refractivity contribution in [2.24, 2.45) is 11.8 Å². The Kier molecular flexibility index (Phi) is 3.14. The number of carbonyl (C=O) groups is 1. The lowest BCUT2D eigenvalue weighted by Gasteiger charge is -2.14. The molecular weight excluding hydrogens is 170 g/mol. The molecule has 1 aliphatic rings. The Morgan fingerprint density at radius 2 is 2.15 bits per heavy atom. The van der Waals surface area contributed by atoms with E-state index in [1.165, 1.54) is 4.90 Å². The molecule has 1 saturated heterocycles. The van der Waals surface area contributed by atoms with E-state index in [-0.39, 0.29) is 12.5 Å². The summed E-state index contributed by atoms with van der Waals surface area (Å²) in [6, 6.07) is 0. The monoisotopic (exact) mass is 187 g/mol. The fourth-order valence-electron chi connectivity index (χ4n) is 1.85. The van der Waals surface area contributed by atoms with Crippen molar-refractivity contribution in [2.75, 3.05) is 13.1 Å². The molecule has 0 aromatic rings. The summed E-state index contributed by atoms with van der Waals surface area (Å²) in [7, 11) is 0. The van der Waals surface area contributed by atoms with Crippen molar-refractivity contribution in [1.29, 1.82) is 0 Å². The van der Waals surface area contributed by atoms with Gasteiger partial charge in [0.05, 0.1) is 12.6 Å². The van der Waals surface area contributed by atoms with Crippen LogP contribution in [0.15, 0.2) is 0 Å². The van der Waals surface area contributed by atoms with Gasteiger partial charge in [-0.15, -0.1) is 0 Å². The molecule has 0 bridgehead atoms. The van der Waals surface area contributed by atoms with Crippen LogP contribution in [0.1, 0.15) is 20.3 Å². The van der Waals surface area contributed by atoms with E-state index in [1.54, 1.807) is 0 Å². The van der Waals surface area contributed by atoms with E-state index in [2.05, 4.69) is 13.8 Å². The molecule has 76 valence electrons. The highest BCUT2D eigenvalue weighted by Crippen LogP contribution is 2.23. The van der Waals surface area contributed by atoms with E-state index in [1.807, 2.05) is 0 Å². The van der Waals surface area contributed by atoms with Gasteiger partial charge in [0.2, 0.25) is 0 Å². The third-order valence-corrected chi connectivity index (χ3v) is 2.45. The van der Waals surface area contributed by atoms with Gasteiger partial charge in [0.15, 0.2) is 0 Å². The lowest BCUT2D eigenvalue weighted by molar-refractivity contribution is 0.126. The molecule has 1 aliphatic heterocycles. The fourth-order valence-corrected chi connectivity index (χ4v) is 1.85. The van der Waals surface area contributed by atoms with Crippen molar-refractivity contribution in [1.82, 2.24) is 4.90 Å². The lowest BCUT2D eigenvalue weighted by Crippen LogP contribution is -2.27. The second kappa shape index (κ2) is 3.96. The first-order valence-corrected chi connectivity index (χ1v) is 4.66. The zero-order chi connectivity index (χ0) is 10.0. The number of hydrogen-bond donors (Lipinski definition) is 2. The summed E-state index contributed by atoms with van der Waals surface area (Å²) in [6.07, 6.45) is -0.505. The molecule has 0 radical (unpaired) electrons. The Bertz CT molecular complexity index is 193. The Labute approximate surface area is 78.2 Å². The maximum Gasteiger partial charge on any atom is 0.407 e. The fraction of sp³-hybridized carbons (Fsp3) is 0.889. The molecule has 0 aromatic heterocycles. The van der Waals surface area contributed by atoms with Crippen LogP contribution in [0.25, 0.3) is 0 Å². The second-order valence-electron chi connectivity index (χ2n) is 4.14. The lowest BCUT2D eigenvalue weighted by atomic mass is 9.95. The Morgan fingerprint density at radius 1 is 1.54 bits per heavy atom. The summed E-state index contributed by atoms with van der Waals surface area (Å²) in [5.74, 6) is 0.629. The zero-order valence-electron chi connectivity index (χ0n) is 8.10. The number of rotatable bonds is 2. The van der Waals surface area contributed by atoms with Crippen LogP contribution in [0.2, 0.25) is 0 Å². The summed E-state index contributed by atoms with van der Waals surface area (Å²) in [5.41, 5.74) is 0. The quantitative estimate of drug-likeness (QED) is 0.678. The maximum absolute atomic E-state index is 10.6. The zero-order valence-corrected chi connectivity index (χ0v) is 8.10. The van der Waals surface area contributed by atoms with E-state index in [9.17, 15) is 9.90 Å². The molecule has 0 aromatic carbocycles. The Hall–Kier alpha value is -0.770. The summed E-state index contributed by atoms with van der Waals surface area (Å²) in [6.45, 7) is 4.91. The minimum absolute atomic E-state index is 0.121. The smallest absolute Gasteiger partial charge is 0.407 e. The van der Waals surface area contributed by atoms with Gasteiger partial charge >= 0.3 is 6.09 Å². The average molecular weight is 187 g/mol. The summed E-state index contributed by atoms with van der Waals surface area (Å²) >= 11 is 0. The number of aliphatic hydroxyl groups excluding tert-OH is 1. The number of nitrogens with zero attached hydrogens (tertiary/aromatic N) is 1. The third kappa shape index (κ3) is 2.59. The Morgan fingerprint density at radius 3 is 2.54 bits per heavy atom. The standard InChI is InChI=1S/C9H17NO3/c1-6(2)3-7-4-10(9(12)13)5-8(7)11/h6-8,11H,3-5H2,1-2H3,(H,12,13)/t7-,8-/m0/s1. The molecule has 2 atom stereocenters. The topological polar surface area (TPSA) is 60.8 Å². The summed E-state index contributed by atoms with van der Waals surface area (Å²) in [4.78, 5) is 11.9. The van der Waals surface area contributed by atoms with Crippen LogP contribution in [-0.2, 0) is 0 Å². The van der Waals surface area contributed by atoms with Gasteiger partial charge < -0.3 is 15.1 Å². The highest BCUT2D eigenvalue weighted by atomic mass is 16.4. The molecule has 0 spiro atoms. The van der Waals surface area contributed by atoms with Crippen LogP contribution in [0.5, 0.6) is 0 Å². The molecule has 13 heavy (non-hydrogen) atoms. The number of likely N-dealkylation sites (tertiary alicyclic amines) is 1. The minimum Gasteiger partial charge on any atom is -0.465 e. The average Bonchev–Trinajstić information content (AvgIpc) is 2.31. The maximum atomic E-state index is 10.6. The van der Waals surface area contributed by atoms with Crippen LogP contribution >= 0.6 is 0 Å². The van der Waals surface area contributed by atoms with Gasteiger partial charge in [-0.05, 0) is 12.3 Å². The highest BCUT2D eigenvalue weighted by molar-refractivity contribution is 5.65. The van der Waals surface area contributed by atoms with Crippen LogP contribution in [0.3, 0.4) is 0 Å². The van der Waals surface area contributed by atoms with Crippen LogP contribution in [0.4, 0.5) is 4.79 Å². The molecule has 0 aliphatic carbocycles. The summed E-state index contributed by atoms with van der Waals surface area (Å²) in [5, 5.41) is 18.2. The number of carboxylic acid groups (broad SMARTS) is 1. The van der Waals surface area contributed by atoms with Gasteiger partial charge in [0, 0.05) is 12.5 Å². The number of aliphatic hydroxyl groups is 1. The largest absolute Gasteiger partial charge is 0.465 e. The van der Waals surface area contributed by atoms with Gasteiger partial charge in [-0.3, -0.25) is 0 Å². The van der Waals surface area contributed by atoms with E-state index in [4.69, 9.17) is 5.11 Å². The third-order valence-electron chi connectivity index (χ3n) is 2.45. The molecule has 4 heteroatoms. The number of amides is 1. The SMILES string of the molecule is CC(C)C[C@H]1CN(C(=O)O)C[C@@H]1O. The van der Waals surface area contributed by atoms with Crippen molar-refractivity contribution < 1.29 is 15.0 Å². The van der Waals surface area contributed by atoms with Crippen molar-refractivity contribution in [2.45, 2.75) is 26.4 Å². The van der Waals surface area contributed by atoms with Gasteiger partial charge in [0.25, 0.3) is 0 Å². The molecule has 1 rings (SSSR count).